The molecule has 6 heteroatoms. The maximum atomic E-state index is 12.0. The summed E-state index contributed by atoms with van der Waals surface area (Å²) >= 11 is 11.8. The average Bonchev–Trinajstić information content (AvgIpc) is 2.32. The van der Waals surface area contributed by atoms with E-state index in [0.717, 1.165) is 0 Å². The van der Waals surface area contributed by atoms with Crippen molar-refractivity contribution in [3.8, 4) is 0 Å². The number of benzene rings is 1. The van der Waals surface area contributed by atoms with E-state index in [1.54, 1.807) is 24.3 Å². The number of hydrogen-bond donors (Lipinski definition) is 2. The SMILES string of the molecule is Nc1ccc(C(=O)Nc2ncccc2Cl)c(Cl)c1. The Morgan fingerprint density at radius 3 is 2.67 bits per heavy atom. The Morgan fingerprint density at radius 1 is 1.22 bits per heavy atom. The Balaban J connectivity index is 2.25. The first-order chi connectivity index (χ1) is 8.58. The van der Waals surface area contributed by atoms with Crippen molar-refractivity contribution >= 4 is 40.6 Å². The molecule has 1 amide bonds. The fraction of sp³-hybridized carbons (Fsp3) is 0. The average molecular weight is 282 g/mol. The van der Waals surface area contributed by atoms with Crippen molar-refractivity contribution in [2.24, 2.45) is 0 Å². The maximum absolute atomic E-state index is 12.0. The van der Waals surface area contributed by atoms with Crippen molar-refractivity contribution in [1.82, 2.24) is 4.98 Å². The fourth-order valence-corrected chi connectivity index (χ4v) is 1.81. The number of halogens is 2. The van der Waals surface area contributed by atoms with Gasteiger partial charge in [-0.05, 0) is 30.3 Å². The van der Waals surface area contributed by atoms with Crippen molar-refractivity contribution in [3.63, 3.8) is 0 Å². The lowest BCUT2D eigenvalue weighted by Crippen LogP contribution is -2.13. The van der Waals surface area contributed by atoms with Crippen LogP contribution in [0.25, 0.3) is 0 Å². The zero-order chi connectivity index (χ0) is 13.1. The molecule has 1 heterocycles. The molecule has 0 aliphatic heterocycles. The zero-order valence-corrected chi connectivity index (χ0v) is 10.7. The van der Waals surface area contributed by atoms with E-state index in [0.29, 0.717) is 16.3 Å². The van der Waals surface area contributed by atoms with Gasteiger partial charge in [0, 0.05) is 11.9 Å². The normalized spacial score (nSPS) is 10.1. The highest BCUT2D eigenvalue weighted by Gasteiger charge is 2.12. The summed E-state index contributed by atoms with van der Waals surface area (Å²) in [5.41, 5.74) is 6.36. The lowest BCUT2D eigenvalue weighted by molar-refractivity contribution is 0.102. The van der Waals surface area contributed by atoms with Gasteiger partial charge in [-0.3, -0.25) is 4.79 Å². The van der Waals surface area contributed by atoms with E-state index in [-0.39, 0.29) is 16.7 Å². The molecule has 0 fully saturated rings. The molecule has 0 spiro atoms. The molecule has 1 aromatic heterocycles. The monoisotopic (exact) mass is 281 g/mol. The number of anilines is 2. The van der Waals surface area contributed by atoms with Gasteiger partial charge in [-0.1, -0.05) is 23.2 Å². The van der Waals surface area contributed by atoms with Crippen molar-refractivity contribution in [3.05, 3.63) is 52.1 Å². The van der Waals surface area contributed by atoms with Gasteiger partial charge in [-0.15, -0.1) is 0 Å². The zero-order valence-electron chi connectivity index (χ0n) is 9.15. The number of hydrogen-bond acceptors (Lipinski definition) is 3. The summed E-state index contributed by atoms with van der Waals surface area (Å²) in [6, 6.07) is 7.96. The third kappa shape index (κ3) is 2.72. The Hall–Kier alpha value is -1.78. The molecular weight excluding hydrogens is 273 g/mol. The van der Waals surface area contributed by atoms with Crippen LogP contribution in [0.15, 0.2) is 36.5 Å². The van der Waals surface area contributed by atoms with Gasteiger partial charge in [-0.25, -0.2) is 4.98 Å². The minimum Gasteiger partial charge on any atom is -0.399 e. The summed E-state index contributed by atoms with van der Waals surface area (Å²) in [4.78, 5) is 15.9. The van der Waals surface area contributed by atoms with Gasteiger partial charge < -0.3 is 11.1 Å². The highest BCUT2D eigenvalue weighted by Crippen LogP contribution is 2.22. The molecule has 0 radical (unpaired) electrons. The fourth-order valence-electron chi connectivity index (χ4n) is 1.37. The van der Waals surface area contributed by atoms with Crippen LogP contribution in [0.5, 0.6) is 0 Å². The molecule has 0 aliphatic carbocycles. The van der Waals surface area contributed by atoms with Crippen LogP contribution in [-0.2, 0) is 0 Å². The van der Waals surface area contributed by atoms with E-state index < -0.39 is 0 Å². The van der Waals surface area contributed by atoms with Crippen LogP contribution in [-0.4, -0.2) is 10.9 Å². The Kier molecular flexibility index (Phi) is 3.69. The number of amides is 1. The Morgan fingerprint density at radius 2 is 2.00 bits per heavy atom. The number of nitrogens with two attached hydrogens (primary N) is 1. The van der Waals surface area contributed by atoms with Gasteiger partial charge in [0.15, 0.2) is 5.82 Å². The van der Waals surface area contributed by atoms with Gasteiger partial charge in [-0.2, -0.15) is 0 Å². The third-order valence-electron chi connectivity index (χ3n) is 2.23. The molecule has 2 aromatic rings. The van der Waals surface area contributed by atoms with E-state index in [9.17, 15) is 4.79 Å². The van der Waals surface area contributed by atoms with Crippen molar-refractivity contribution in [1.29, 1.82) is 0 Å². The van der Waals surface area contributed by atoms with Gasteiger partial charge >= 0.3 is 0 Å². The smallest absolute Gasteiger partial charge is 0.258 e. The van der Waals surface area contributed by atoms with E-state index in [2.05, 4.69) is 10.3 Å². The summed E-state index contributed by atoms with van der Waals surface area (Å²) in [5, 5.41) is 3.22. The second-order valence-corrected chi connectivity index (χ2v) is 4.34. The molecule has 4 nitrogen and oxygen atoms in total. The van der Waals surface area contributed by atoms with Crippen LogP contribution in [0.4, 0.5) is 11.5 Å². The summed E-state index contributed by atoms with van der Waals surface area (Å²) in [6.07, 6.45) is 1.53. The van der Waals surface area contributed by atoms with E-state index >= 15 is 0 Å². The number of pyridine rings is 1. The highest BCUT2D eigenvalue weighted by atomic mass is 35.5. The molecule has 3 N–H and O–H groups in total. The minimum atomic E-state index is -0.388. The molecule has 0 aliphatic rings. The number of rotatable bonds is 2. The van der Waals surface area contributed by atoms with Crippen LogP contribution in [0, 0.1) is 0 Å². The van der Waals surface area contributed by atoms with Crippen molar-refractivity contribution in [2.75, 3.05) is 11.1 Å². The molecule has 0 bridgehead atoms. The molecule has 18 heavy (non-hydrogen) atoms. The first-order valence-electron chi connectivity index (χ1n) is 5.05. The van der Waals surface area contributed by atoms with Crippen LogP contribution in [0.3, 0.4) is 0 Å². The van der Waals surface area contributed by atoms with Crippen molar-refractivity contribution < 1.29 is 4.79 Å². The van der Waals surface area contributed by atoms with E-state index in [1.807, 2.05) is 0 Å². The first-order valence-corrected chi connectivity index (χ1v) is 5.80. The summed E-state index contributed by atoms with van der Waals surface area (Å²) in [5.74, 6) is -0.0994. The predicted octanol–water partition coefficient (Wildman–Crippen LogP) is 3.22. The maximum Gasteiger partial charge on any atom is 0.258 e. The number of carbonyl (C=O) groups excluding carboxylic acids is 1. The second kappa shape index (κ2) is 5.25. The predicted molar refractivity (Wildman–Crippen MR) is 73.1 cm³/mol. The summed E-state index contributed by atoms with van der Waals surface area (Å²) in [7, 11) is 0. The van der Waals surface area contributed by atoms with Crippen LogP contribution >= 0.6 is 23.2 Å². The highest BCUT2D eigenvalue weighted by molar-refractivity contribution is 6.35. The number of carbonyl (C=O) groups is 1. The Bertz CT molecular complexity index is 602. The quantitative estimate of drug-likeness (QED) is 0.831. The van der Waals surface area contributed by atoms with Crippen molar-refractivity contribution in [2.45, 2.75) is 0 Å². The second-order valence-electron chi connectivity index (χ2n) is 3.53. The van der Waals surface area contributed by atoms with Gasteiger partial charge in [0.2, 0.25) is 0 Å². The van der Waals surface area contributed by atoms with Gasteiger partial charge in [0.05, 0.1) is 15.6 Å². The largest absolute Gasteiger partial charge is 0.399 e. The summed E-state index contributed by atoms with van der Waals surface area (Å²) < 4.78 is 0. The standard InChI is InChI=1S/C12H9Cl2N3O/c13-9-2-1-5-16-11(9)17-12(18)8-4-3-7(15)6-10(8)14/h1-6H,15H2,(H,16,17,18). The van der Waals surface area contributed by atoms with E-state index in [1.165, 1.54) is 12.3 Å². The lowest BCUT2D eigenvalue weighted by atomic mass is 10.2. The molecule has 0 atom stereocenters. The van der Waals surface area contributed by atoms with Gasteiger partial charge in [0.25, 0.3) is 5.91 Å². The topological polar surface area (TPSA) is 68.0 Å². The van der Waals surface area contributed by atoms with E-state index in [4.69, 9.17) is 28.9 Å². The molecule has 0 saturated carbocycles. The third-order valence-corrected chi connectivity index (χ3v) is 2.85. The van der Waals surface area contributed by atoms with Crippen LogP contribution in [0.2, 0.25) is 10.0 Å². The molecule has 2 rings (SSSR count). The molecular formula is C12H9Cl2N3O. The molecule has 92 valence electrons. The number of aromatic nitrogens is 1. The summed E-state index contributed by atoms with van der Waals surface area (Å²) in [6.45, 7) is 0. The lowest BCUT2D eigenvalue weighted by Gasteiger charge is -2.07. The number of nitrogen functional groups attached to an aromatic ring is 1. The molecule has 0 saturated heterocycles. The van der Waals surface area contributed by atoms with Gasteiger partial charge in [0.1, 0.15) is 0 Å². The number of nitrogens with one attached hydrogen (secondary N) is 1. The Labute approximate surface area is 114 Å². The molecule has 0 unspecified atom stereocenters. The minimum absolute atomic E-state index is 0.277. The molecule has 1 aromatic carbocycles. The van der Waals surface area contributed by atoms with Crippen LogP contribution < -0.4 is 11.1 Å². The van der Waals surface area contributed by atoms with Crippen LogP contribution in [0.1, 0.15) is 10.4 Å². The number of nitrogens with zero attached hydrogens (tertiary/aromatic N) is 1. The first kappa shape index (κ1) is 12.7.